The molecular formula is C80H64F6N2O2. The van der Waals surface area contributed by atoms with E-state index in [1.807, 2.05) is 36.4 Å². The summed E-state index contributed by atoms with van der Waals surface area (Å²) in [5, 5.41) is 10.5. The molecule has 90 heavy (non-hydrogen) atoms. The first-order valence-electron chi connectivity index (χ1n) is 32.5. The molecule has 20 rings (SSSR count). The van der Waals surface area contributed by atoms with Gasteiger partial charge in [-0.3, -0.25) is 0 Å². The lowest BCUT2D eigenvalue weighted by Crippen LogP contribution is -2.47. The Morgan fingerprint density at radius 2 is 0.856 bits per heavy atom. The topological polar surface area (TPSA) is 36.1 Å². The van der Waals surface area contributed by atoms with Gasteiger partial charge in [-0.25, -0.2) is 0 Å². The third-order valence-corrected chi connectivity index (χ3v) is 22.9. The van der Waals surface area contributed by atoms with Crippen LogP contribution in [0, 0.1) is 40.9 Å². The van der Waals surface area contributed by atoms with Gasteiger partial charge in [0.2, 0.25) is 0 Å². The normalized spacial score (nSPS) is 24.5. The van der Waals surface area contributed by atoms with Crippen molar-refractivity contribution in [3.63, 3.8) is 0 Å². The molecule has 4 heterocycles. The summed E-state index contributed by atoms with van der Waals surface area (Å²) in [4.78, 5) is 0. The number of furan rings is 2. The fourth-order valence-corrected chi connectivity index (χ4v) is 20.1. The summed E-state index contributed by atoms with van der Waals surface area (Å²) >= 11 is 0. The summed E-state index contributed by atoms with van der Waals surface area (Å²) in [5.41, 5.74) is 12.5. The van der Waals surface area contributed by atoms with Crippen LogP contribution in [0.5, 0.6) is 0 Å². The monoisotopic (exact) mass is 1200 g/mol. The van der Waals surface area contributed by atoms with Crippen LogP contribution < -0.4 is 0 Å². The van der Waals surface area contributed by atoms with Gasteiger partial charge in [0.15, 0.2) is 0 Å². The number of nitrogens with zero attached hydrogens (tertiary/aromatic N) is 2. The molecule has 0 N–H and O–H groups in total. The SMILES string of the molecule is CC1CC2CC(C)CC(c3ccc4c(c3)c3cc5cc(C(F)(F)F)ccc5cc3n4-c3ccc4c(c3)oc3ccc(-c5ccc6oc7cc(-n8c9ccc(CC%10%11CC%12CC(CC(C%12)C%10)C%11)cc9c9cc%10cc(C(F)(F)F)ccc%10cc98)ccc7c6c5)cc34)(C1)C2. The predicted octanol–water partition coefficient (Wildman–Crippen LogP) is 23.6. The van der Waals surface area contributed by atoms with E-state index in [1.54, 1.807) is 12.1 Å². The summed E-state index contributed by atoms with van der Waals surface area (Å²) < 4.78 is 103. The van der Waals surface area contributed by atoms with E-state index in [1.165, 1.54) is 93.2 Å². The maximum atomic E-state index is 14.2. The van der Waals surface area contributed by atoms with Crippen molar-refractivity contribution in [1.29, 1.82) is 0 Å². The lowest BCUT2D eigenvalue weighted by molar-refractivity contribution is -0.138. The second-order valence-electron chi connectivity index (χ2n) is 29.1. The molecule has 6 fully saturated rings. The van der Waals surface area contributed by atoms with Gasteiger partial charge in [0, 0.05) is 66.6 Å². The maximum Gasteiger partial charge on any atom is 0.416 e. The average molecular weight is 1200 g/mol. The summed E-state index contributed by atoms with van der Waals surface area (Å²) in [5.74, 6) is 4.49. The van der Waals surface area contributed by atoms with Gasteiger partial charge in [-0.05, 0) is 289 Å². The van der Waals surface area contributed by atoms with Crippen molar-refractivity contribution >= 4 is 109 Å². The highest BCUT2D eigenvalue weighted by Gasteiger charge is 2.51. The van der Waals surface area contributed by atoms with Crippen LogP contribution in [0.15, 0.2) is 179 Å². The Kier molecular flexibility index (Phi) is 11.0. The van der Waals surface area contributed by atoms with Crippen molar-refractivity contribution in [3.8, 4) is 22.5 Å². The van der Waals surface area contributed by atoms with Crippen LogP contribution in [0.4, 0.5) is 26.3 Å². The molecule has 6 saturated carbocycles. The van der Waals surface area contributed by atoms with Gasteiger partial charge in [0.25, 0.3) is 0 Å². The van der Waals surface area contributed by atoms with Gasteiger partial charge < -0.3 is 18.0 Å². The number of fused-ring (bicyclic) bond motifs is 16. The number of rotatable bonds is 6. The minimum atomic E-state index is -4.45. The average Bonchev–Trinajstić information content (AvgIpc) is 1.55. The zero-order valence-corrected chi connectivity index (χ0v) is 50.1. The zero-order chi connectivity index (χ0) is 60.5. The highest BCUT2D eigenvalue weighted by Crippen LogP contribution is 2.62. The first kappa shape index (κ1) is 53.3. The second-order valence-corrected chi connectivity index (χ2v) is 29.1. The first-order valence-corrected chi connectivity index (χ1v) is 32.5. The van der Waals surface area contributed by atoms with Crippen LogP contribution in [-0.2, 0) is 24.2 Å². The fourth-order valence-electron chi connectivity index (χ4n) is 20.1. The van der Waals surface area contributed by atoms with E-state index in [0.717, 1.165) is 158 Å². The number of alkyl halides is 6. The van der Waals surface area contributed by atoms with Crippen molar-refractivity contribution in [1.82, 2.24) is 9.13 Å². The third-order valence-electron chi connectivity index (χ3n) is 22.9. The van der Waals surface area contributed by atoms with Crippen LogP contribution in [0.2, 0.25) is 0 Å². The molecule has 2 unspecified atom stereocenters. The highest BCUT2D eigenvalue weighted by atomic mass is 19.4. The number of halogens is 6. The molecule has 4 nitrogen and oxygen atoms in total. The Hall–Kier alpha value is -8.50. The van der Waals surface area contributed by atoms with Crippen molar-refractivity contribution < 1.29 is 35.2 Å². The lowest BCUT2D eigenvalue weighted by atomic mass is 9.48. The molecule has 10 heteroatoms. The molecule has 10 aromatic carbocycles. The van der Waals surface area contributed by atoms with E-state index in [9.17, 15) is 26.3 Å². The number of hydrogen-bond acceptors (Lipinski definition) is 2. The van der Waals surface area contributed by atoms with E-state index >= 15 is 0 Å². The highest BCUT2D eigenvalue weighted by molar-refractivity contribution is 6.16. The van der Waals surface area contributed by atoms with Crippen molar-refractivity contribution in [2.24, 2.45) is 40.9 Å². The van der Waals surface area contributed by atoms with E-state index in [4.69, 9.17) is 8.83 Å². The minimum absolute atomic E-state index is 0.0746. The van der Waals surface area contributed by atoms with Gasteiger partial charge in [0.05, 0.1) is 33.2 Å². The van der Waals surface area contributed by atoms with Crippen molar-refractivity contribution in [3.05, 3.63) is 192 Å². The molecule has 6 bridgehead atoms. The number of hydrogen-bond donors (Lipinski definition) is 0. The summed E-state index contributed by atoms with van der Waals surface area (Å²) in [7, 11) is 0. The fraction of sp³-hybridized carbons (Fsp3) is 0.300. The Morgan fingerprint density at radius 1 is 0.378 bits per heavy atom. The summed E-state index contributed by atoms with van der Waals surface area (Å²) in [6.45, 7) is 4.80. The van der Waals surface area contributed by atoms with Crippen LogP contribution in [-0.4, -0.2) is 9.13 Å². The third kappa shape index (κ3) is 8.19. The van der Waals surface area contributed by atoms with Crippen molar-refractivity contribution in [2.75, 3.05) is 0 Å². The molecule has 0 aliphatic heterocycles. The molecule has 0 saturated heterocycles. The maximum absolute atomic E-state index is 14.2. The molecule has 14 aromatic rings. The quantitative estimate of drug-likeness (QED) is 0.156. The predicted molar refractivity (Wildman–Crippen MR) is 351 cm³/mol. The molecular weight excluding hydrogens is 1130 g/mol. The van der Waals surface area contributed by atoms with Crippen LogP contribution in [0.25, 0.3) is 132 Å². The van der Waals surface area contributed by atoms with E-state index in [-0.39, 0.29) is 5.41 Å². The van der Waals surface area contributed by atoms with Gasteiger partial charge >= 0.3 is 12.4 Å². The first-order chi connectivity index (χ1) is 43.4. The molecule has 0 spiro atoms. The van der Waals surface area contributed by atoms with E-state index in [2.05, 4.69) is 120 Å². The van der Waals surface area contributed by atoms with E-state index < -0.39 is 23.5 Å². The molecule has 4 aromatic heterocycles. The smallest absolute Gasteiger partial charge is 0.416 e. The molecule has 6 aliphatic carbocycles. The van der Waals surface area contributed by atoms with Gasteiger partial charge in [-0.1, -0.05) is 50.2 Å². The van der Waals surface area contributed by atoms with Gasteiger partial charge in [-0.15, -0.1) is 0 Å². The standard InChI is InChI=1S/C80H64F6N2O2/c1-43-19-46-20-44(2)37-78(36-43,42-46)56-10-16-70-66(33-56)65-30-55-26-58(80(84,85)86)9-5-53(55)32-72(65)88(70)60-12-14-62-68-28-51(7-18-74(68)90-76(62)35-60)50-6-17-73-67(27-50)61-13-11-59(34-75(61)89-73)87-69-15-3-45(38-77-39-47-21-48(40-77)23-49(22-47)41-77)24-63(69)64-29-54-25-57(79(81,82)83)8-4-52(54)31-71(64)87/h3-18,24-35,43-44,46-49H,19-23,36-42H2,1-2H3. The minimum Gasteiger partial charge on any atom is -0.456 e. The zero-order valence-electron chi connectivity index (χ0n) is 50.1. The largest absolute Gasteiger partial charge is 0.456 e. The van der Waals surface area contributed by atoms with Crippen LogP contribution in [0.3, 0.4) is 0 Å². The van der Waals surface area contributed by atoms with E-state index in [0.29, 0.717) is 33.9 Å². The lowest BCUT2D eigenvalue weighted by Gasteiger charge is -2.57. The number of aromatic nitrogens is 2. The Labute approximate surface area is 515 Å². The summed E-state index contributed by atoms with van der Waals surface area (Å²) in [6, 6.07) is 55.3. The molecule has 2 atom stereocenters. The Morgan fingerprint density at radius 3 is 1.37 bits per heavy atom. The second kappa shape index (κ2) is 18.6. The van der Waals surface area contributed by atoms with Gasteiger partial charge in [-0.2, -0.15) is 26.3 Å². The molecule has 448 valence electrons. The number of benzene rings is 10. The van der Waals surface area contributed by atoms with Crippen LogP contribution in [0.1, 0.15) is 107 Å². The molecule has 6 aliphatic rings. The van der Waals surface area contributed by atoms with Crippen LogP contribution >= 0.6 is 0 Å². The Bertz CT molecular complexity index is 5360. The van der Waals surface area contributed by atoms with Crippen molar-refractivity contribution in [2.45, 2.75) is 109 Å². The summed E-state index contributed by atoms with van der Waals surface area (Å²) in [6.07, 6.45) is 6.23. The molecule has 0 amide bonds. The Balaban J connectivity index is 0.688. The molecule has 0 radical (unpaired) electrons. The van der Waals surface area contributed by atoms with Gasteiger partial charge in [0.1, 0.15) is 22.3 Å².